The maximum atomic E-state index is 11.0. The standard InChI is InChI=1S/C15H17ClN4O/c1-9-15(18-7-6-17-9)10(2)19-12-4-5-14(13(16)8-12)20-11(3)21/h4-8,10,19H,1-3H3,(H,20,21). The van der Waals surface area contributed by atoms with Gasteiger partial charge in [0.15, 0.2) is 0 Å². The van der Waals surface area contributed by atoms with Crippen LogP contribution in [0.1, 0.15) is 31.3 Å². The van der Waals surface area contributed by atoms with Crippen molar-refractivity contribution < 1.29 is 4.79 Å². The zero-order valence-electron chi connectivity index (χ0n) is 12.1. The lowest BCUT2D eigenvalue weighted by molar-refractivity contribution is -0.114. The van der Waals surface area contributed by atoms with Crippen molar-refractivity contribution in [2.24, 2.45) is 0 Å². The molecule has 110 valence electrons. The van der Waals surface area contributed by atoms with Gasteiger partial charge >= 0.3 is 0 Å². The average molecular weight is 305 g/mol. The summed E-state index contributed by atoms with van der Waals surface area (Å²) < 4.78 is 0. The largest absolute Gasteiger partial charge is 0.377 e. The van der Waals surface area contributed by atoms with Crippen molar-refractivity contribution in [1.29, 1.82) is 0 Å². The second-order valence-corrected chi connectivity index (χ2v) is 5.18. The molecule has 2 N–H and O–H groups in total. The molecule has 1 atom stereocenters. The maximum Gasteiger partial charge on any atom is 0.221 e. The van der Waals surface area contributed by atoms with E-state index in [4.69, 9.17) is 11.6 Å². The summed E-state index contributed by atoms with van der Waals surface area (Å²) in [5, 5.41) is 6.48. The van der Waals surface area contributed by atoms with E-state index in [0.717, 1.165) is 17.1 Å². The third kappa shape index (κ3) is 3.92. The second-order valence-electron chi connectivity index (χ2n) is 4.77. The van der Waals surface area contributed by atoms with Crippen molar-refractivity contribution in [2.75, 3.05) is 10.6 Å². The Kier molecular flexibility index (Phi) is 4.75. The number of halogens is 1. The monoisotopic (exact) mass is 304 g/mol. The summed E-state index contributed by atoms with van der Waals surface area (Å²) in [4.78, 5) is 19.6. The molecule has 1 amide bonds. The van der Waals surface area contributed by atoms with E-state index < -0.39 is 0 Å². The number of anilines is 2. The summed E-state index contributed by atoms with van der Waals surface area (Å²) in [5.41, 5.74) is 3.22. The highest BCUT2D eigenvalue weighted by Gasteiger charge is 2.11. The summed E-state index contributed by atoms with van der Waals surface area (Å²) in [6, 6.07) is 5.40. The summed E-state index contributed by atoms with van der Waals surface area (Å²) in [5.74, 6) is -0.152. The number of nitrogens with zero attached hydrogens (tertiary/aromatic N) is 2. The van der Waals surface area contributed by atoms with E-state index in [-0.39, 0.29) is 11.9 Å². The predicted molar refractivity (Wildman–Crippen MR) is 84.6 cm³/mol. The molecular weight excluding hydrogens is 288 g/mol. The van der Waals surface area contributed by atoms with Crippen LogP contribution in [0.2, 0.25) is 5.02 Å². The number of hydrogen-bond donors (Lipinski definition) is 2. The van der Waals surface area contributed by atoms with Gasteiger partial charge in [-0.1, -0.05) is 11.6 Å². The Bertz CT molecular complexity index is 660. The van der Waals surface area contributed by atoms with Crippen LogP contribution in [-0.2, 0) is 4.79 Å². The third-order valence-electron chi connectivity index (χ3n) is 2.99. The van der Waals surface area contributed by atoms with E-state index in [1.54, 1.807) is 24.5 Å². The molecule has 1 aromatic carbocycles. The Balaban J connectivity index is 2.15. The van der Waals surface area contributed by atoms with Gasteiger partial charge in [0.2, 0.25) is 5.91 Å². The first-order valence-electron chi connectivity index (χ1n) is 6.58. The molecular formula is C15H17ClN4O. The van der Waals surface area contributed by atoms with Gasteiger partial charge in [-0.2, -0.15) is 0 Å². The topological polar surface area (TPSA) is 66.9 Å². The highest BCUT2D eigenvalue weighted by Crippen LogP contribution is 2.27. The molecule has 0 fully saturated rings. The Morgan fingerprint density at radius 3 is 2.62 bits per heavy atom. The van der Waals surface area contributed by atoms with Crippen LogP contribution in [0.25, 0.3) is 0 Å². The van der Waals surface area contributed by atoms with Gasteiger partial charge in [0.1, 0.15) is 0 Å². The van der Waals surface area contributed by atoms with Crippen LogP contribution in [0.4, 0.5) is 11.4 Å². The lowest BCUT2D eigenvalue weighted by atomic mass is 10.1. The minimum Gasteiger partial charge on any atom is -0.377 e. The zero-order chi connectivity index (χ0) is 15.4. The van der Waals surface area contributed by atoms with Crippen LogP contribution >= 0.6 is 11.6 Å². The summed E-state index contributed by atoms with van der Waals surface area (Å²) in [7, 11) is 0. The molecule has 2 aromatic rings. The number of hydrogen-bond acceptors (Lipinski definition) is 4. The number of amides is 1. The molecule has 0 radical (unpaired) electrons. The maximum absolute atomic E-state index is 11.0. The molecule has 1 aromatic heterocycles. The summed E-state index contributed by atoms with van der Waals surface area (Å²) in [6.45, 7) is 5.38. The Labute approximate surface area is 128 Å². The number of aromatic nitrogens is 2. The first kappa shape index (κ1) is 15.3. The lowest BCUT2D eigenvalue weighted by Gasteiger charge is -2.17. The highest BCUT2D eigenvalue weighted by molar-refractivity contribution is 6.34. The van der Waals surface area contributed by atoms with E-state index in [9.17, 15) is 4.79 Å². The van der Waals surface area contributed by atoms with E-state index in [2.05, 4.69) is 20.6 Å². The van der Waals surface area contributed by atoms with Crippen molar-refractivity contribution in [3.8, 4) is 0 Å². The Morgan fingerprint density at radius 1 is 1.29 bits per heavy atom. The van der Waals surface area contributed by atoms with Gasteiger partial charge in [0.05, 0.1) is 28.1 Å². The number of carbonyl (C=O) groups excluding carboxylic acids is 1. The van der Waals surface area contributed by atoms with E-state index >= 15 is 0 Å². The smallest absolute Gasteiger partial charge is 0.221 e. The minimum atomic E-state index is -0.152. The van der Waals surface area contributed by atoms with Crippen molar-refractivity contribution >= 4 is 28.9 Å². The lowest BCUT2D eigenvalue weighted by Crippen LogP contribution is -2.11. The van der Waals surface area contributed by atoms with Gasteiger partial charge in [-0.3, -0.25) is 14.8 Å². The Hall–Kier alpha value is -2.14. The fourth-order valence-corrected chi connectivity index (χ4v) is 2.29. The molecule has 21 heavy (non-hydrogen) atoms. The number of carbonyl (C=O) groups is 1. The van der Waals surface area contributed by atoms with Gasteiger partial charge in [-0.25, -0.2) is 0 Å². The molecule has 0 aliphatic rings. The molecule has 1 unspecified atom stereocenters. The van der Waals surface area contributed by atoms with Gasteiger partial charge in [-0.05, 0) is 32.0 Å². The van der Waals surface area contributed by atoms with Gasteiger partial charge in [0, 0.05) is 25.0 Å². The van der Waals surface area contributed by atoms with Crippen LogP contribution in [0.3, 0.4) is 0 Å². The zero-order valence-corrected chi connectivity index (χ0v) is 12.9. The van der Waals surface area contributed by atoms with Gasteiger partial charge in [0.25, 0.3) is 0 Å². The predicted octanol–water partition coefficient (Wildman–Crippen LogP) is 3.57. The first-order chi connectivity index (χ1) is 9.97. The fourth-order valence-electron chi connectivity index (χ4n) is 2.06. The molecule has 0 saturated carbocycles. The molecule has 5 nitrogen and oxygen atoms in total. The van der Waals surface area contributed by atoms with Crippen molar-refractivity contribution in [1.82, 2.24) is 9.97 Å². The number of benzene rings is 1. The van der Waals surface area contributed by atoms with E-state index in [1.807, 2.05) is 19.9 Å². The van der Waals surface area contributed by atoms with E-state index in [0.29, 0.717) is 10.7 Å². The Morgan fingerprint density at radius 2 is 2.00 bits per heavy atom. The molecule has 6 heteroatoms. The minimum absolute atomic E-state index is 0.00128. The molecule has 2 rings (SSSR count). The van der Waals surface area contributed by atoms with Gasteiger partial charge in [-0.15, -0.1) is 0 Å². The van der Waals surface area contributed by atoms with Crippen molar-refractivity contribution in [3.63, 3.8) is 0 Å². The molecule has 0 aliphatic carbocycles. The SMILES string of the molecule is CC(=O)Nc1ccc(NC(C)c2nccnc2C)cc1Cl. The summed E-state index contributed by atoms with van der Waals surface area (Å²) >= 11 is 6.15. The van der Waals surface area contributed by atoms with Crippen LogP contribution in [0, 0.1) is 6.92 Å². The molecule has 0 saturated heterocycles. The van der Waals surface area contributed by atoms with Crippen LogP contribution in [0.15, 0.2) is 30.6 Å². The normalized spacial score (nSPS) is 11.8. The highest BCUT2D eigenvalue weighted by atomic mass is 35.5. The second kappa shape index (κ2) is 6.54. The third-order valence-corrected chi connectivity index (χ3v) is 3.30. The van der Waals surface area contributed by atoms with Crippen LogP contribution < -0.4 is 10.6 Å². The molecule has 1 heterocycles. The van der Waals surface area contributed by atoms with Crippen molar-refractivity contribution in [3.05, 3.63) is 47.0 Å². The van der Waals surface area contributed by atoms with Crippen LogP contribution in [-0.4, -0.2) is 15.9 Å². The number of nitrogens with one attached hydrogen (secondary N) is 2. The van der Waals surface area contributed by atoms with Crippen molar-refractivity contribution in [2.45, 2.75) is 26.8 Å². The van der Waals surface area contributed by atoms with E-state index in [1.165, 1.54) is 6.92 Å². The fraction of sp³-hybridized carbons (Fsp3) is 0.267. The number of rotatable bonds is 4. The van der Waals surface area contributed by atoms with Crippen LogP contribution in [0.5, 0.6) is 0 Å². The first-order valence-corrected chi connectivity index (χ1v) is 6.96. The average Bonchev–Trinajstić information content (AvgIpc) is 2.42. The quantitative estimate of drug-likeness (QED) is 0.906. The number of aryl methyl sites for hydroxylation is 1. The van der Waals surface area contributed by atoms with Gasteiger partial charge < -0.3 is 10.6 Å². The molecule has 0 spiro atoms. The molecule has 0 bridgehead atoms. The summed E-state index contributed by atoms with van der Waals surface area (Å²) in [6.07, 6.45) is 3.35. The molecule has 0 aliphatic heterocycles.